The molecule has 0 aliphatic carbocycles. The molecule has 1 aromatic heterocycles. The zero-order valence-corrected chi connectivity index (χ0v) is 16.2. The molecular formula is C19H19N5O4S. The summed E-state index contributed by atoms with van der Waals surface area (Å²) in [6.45, 7) is 2.13. The lowest BCUT2D eigenvalue weighted by Gasteiger charge is -2.27. The third kappa shape index (κ3) is 4.19. The number of morpholine rings is 1. The van der Waals surface area contributed by atoms with Crippen LogP contribution in [-0.2, 0) is 14.8 Å². The summed E-state index contributed by atoms with van der Waals surface area (Å²) < 4.78 is 28.1. The van der Waals surface area contributed by atoms with Gasteiger partial charge in [0.2, 0.25) is 16.0 Å². The number of nitrogens with two attached hydrogens (primary N) is 1. The van der Waals surface area contributed by atoms with E-state index >= 15 is 0 Å². The molecule has 9 nitrogen and oxygen atoms in total. The number of para-hydroxylation sites is 1. The van der Waals surface area contributed by atoms with Crippen molar-refractivity contribution in [1.82, 2.24) is 14.9 Å². The third-order valence-corrected chi connectivity index (χ3v) is 5.51. The predicted octanol–water partition coefficient (Wildman–Crippen LogP) is 1.49. The van der Waals surface area contributed by atoms with Crippen LogP contribution in [0.3, 0.4) is 0 Å². The lowest BCUT2D eigenvalue weighted by atomic mass is 10.1. The number of hydrogen-bond acceptors (Lipinski definition) is 7. The van der Waals surface area contributed by atoms with Gasteiger partial charge in [0.1, 0.15) is 0 Å². The quantitative estimate of drug-likeness (QED) is 0.663. The van der Waals surface area contributed by atoms with E-state index in [4.69, 9.17) is 9.88 Å². The maximum absolute atomic E-state index is 12.9. The van der Waals surface area contributed by atoms with E-state index in [2.05, 4.69) is 15.3 Å². The van der Waals surface area contributed by atoms with Crippen molar-refractivity contribution in [3.8, 4) is 0 Å². The average molecular weight is 413 g/mol. The summed E-state index contributed by atoms with van der Waals surface area (Å²) in [6, 6.07) is 11.3. The van der Waals surface area contributed by atoms with E-state index in [9.17, 15) is 13.2 Å². The predicted molar refractivity (Wildman–Crippen MR) is 107 cm³/mol. The molecule has 150 valence electrons. The summed E-state index contributed by atoms with van der Waals surface area (Å²) in [6.07, 6.45) is 1.64. The average Bonchev–Trinajstić information content (AvgIpc) is 2.73. The largest absolute Gasteiger partial charge is 0.378 e. The van der Waals surface area contributed by atoms with Crippen molar-refractivity contribution in [2.75, 3.05) is 31.6 Å². The van der Waals surface area contributed by atoms with Crippen molar-refractivity contribution >= 4 is 38.5 Å². The van der Waals surface area contributed by atoms with Crippen LogP contribution >= 0.6 is 0 Å². The van der Waals surface area contributed by atoms with E-state index in [1.54, 1.807) is 35.4 Å². The highest BCUT2D eigenvalue weighted by Gasteiger charge is 2.21. The van der Waals surface area contributed by atoms with E-state index in [-0.39, 0.29) is 10.8 Å². The molecule has 1 amide bonds. The van der Waals surface area contributed by atoms with Gasteiger partial charge in [-0.2, -0.15) is 0 Å². The van der Waals surface area contributed by atoms with Gasteiger partial charge in [-0.25, -0.2) is 23.5 Å². The first-order chi connectivity index (χ1) is 13.9. The number of ether oxygens (including phenoxy) is 1. The second-order valence-corrected chi connectivity index (χ2v) is 8.10. The molecule has 2 heterocycles. The monoisotopic (exact) mass is 413 g/mol. The number of aromatic nitrogens is 2. The van der Waals surface area contributed by atoms with E-state index in [0.29, 0.717) is 49.0 Å². The van der Waals surface area contributed by atoms with Crippen molar-refractivity contribution in [3.63, 3.8) is 0 Å². The normalized spacial score (nSPS) is 14.7. The summed E-state index contributed by atoms with van der Waals surface area (Å²) in [5.74, 6) is 0.198. The van der Waals surface area contributed by atoms with Crippen LogP contribution in [0.2, 0.25) is 0 Å². The smallest absolute Gasteiger partial charge is 0.256 e. The first kappa shape index (κ1) is 19.2. The number of amides is 1. The Kier molecular flexibility index (Phi) is 5.14. The minimum atomic E-state index is -3.76. The summed E-state index contributed by atoms with van der Waals surface area (Å²) in [5.41, 5.74) is 1.64. The minimum absolute atomic E-state index is 0.0147. The molecule has 0 unspecified atom stereocenters. The number of anilines is 2. The van der Waals surface area contributed by atoms with Gasteiger partial charge in [-0.1, -0.05) is 12.1 Å². The van der Waals surface area contributed by atoms with Crippen molar-refractivity contribution in [2.24, 2.45) is 5.14 Å². The molecule has 0 bridgehead atoms. The van der Waals surface area contributed by atoms with Crippen LogP contribution < -0.4 is 10.5 Å². The number of carbonyl (C=O) groups excluding carboxylic acids is 1. The van der Waals surface area contributed by atoms with Gasteiger partial charge in [-0.15, -0.1) is 0 Å². The molecule has 29 heavy (non-hydrogen) atoms. The van der Waals surface area contributed by atoms with E-state index in [1.807, 2.05) is 6.07 Å². The molecule has 0 saturated carbocycles. The third-order valence-electron chi connectivity index (χ3n) is 4.58. The number of primary sulfonamides is 1. The second kappa shape index (κ2) is 7.74. The van der Waals surface area contributed by atoms with Gasteiger partial charge in [-0.3, -0.25) is 4.79 Å². The zero-order valence-electron chi connectivity index (χ0n) is 15.4. The Morgan fingerprint density at radius 1 is 1.10 bits per heavy atom. The molecular weight excluding hydrogens is 394 g/mol. The summed E-state index contributed by atoms with van der Waals surface area (Å²) in [7, 11) is -3.76. The minimum Gasteiger partial charge on any atom is -0.378 e. The number of nitrogens with one attached hydrogen (secondary N) is 1. The van der Waals surface area contributed by atoms with Gasteiger partial charge in [0.15, 0.2) is 0 Å². The Hall–Kier alpha value is -3.08. The van der Waals surface area contributed by atoms with Crippen LogP contribution in [0, 0.1) is 0 Å². The number of nitrogens with zero attached hydrogens (tertiary/aromatic N) is 3. The molecule has 3 aromatic rings. The Labute approximate surface area is 167 Å². The molecule has 0 radical (unpaired) electrons. The van der Waals surface area contributed by atoms with E-state index < -0.39 is 10.0 Å². The van der Waals surface area contributed by atoms with Gasteiger partial charge < -0.3 is 15.0 Å². The van der Waals surface area contributed by atoms with Crippen molar-refractivity contribution < 1.29 is 17.9 Å². The highest BCUT2D eigenvalue weighted by molar-refractivity contribution is 7.89. The van der Waals surface area contributed by atoms with Gasteiger partial charge in [0.25, 0.3) is 5.91 Å². The fourth-order valence-electron chi connectivity index (χ4n) is 3.08. The first-order valence-electron chi connectivity index (χ1n) is 8.94. The number of sulfonamides is 1. The molecule has 10 heteroatoms. The van der Waals surface area contributed by atoms with Crippen molar-refractivity contribution in [2.45, 2.75) is 4.90 Å². The Morgan fingerprint density at radius 3 is 2.52 bits per heavy atom. The van der Waals surface area contributed by atoms with Crippen LogP contribution in [0.25, 0.3) is 10.9 Å². The number of benzene rings is 2. The molecule has 2 aromatic carbocycles. The number of rotatable bonds is 4. The van der Waals surface area contributed by atoms with E-state index in [1.165, 1.54) is 12.1 Å². The summed E-state index contributed by atoms with van der Waals surface area (Å²) >= 11 is 0. The SMILES string of the molecule is NS(=O)(=O)c1ccc(Nc2ncc3cccc(C(=O)N4CCOCC4)c3n2)cc1. The molecule has 1 fully saturated rings. The lowest BCUT2D eigenvalue weighted by molar-refractivity contribution is 0.0304. The Morgan fingerprint density at radius 2 is 1.83 bits per heavy atom. The zero-order chi connectivity index (χ0) is 20.4. The highest BCUT2D eigenvalue weighted by atomic mass is 32.2. The fourth-order valence-corrected chi connectivity index (χ4v) is 3.60. The fraction of sp³-hybridized carbons (Fsp3) is 0.211. The summed E-state index contributed by atoms with van der Waals surface area (Å²) in [4.78, 5) is 23.5. The Balaban J connectivity index is 1.64. The van der Waals surface area contributed by atoms with Gasteiger partial charge >= 0.3 is 0 Å². The van der Waals surface area contributed by atoms with Crippen LogP contribution in [0.5, 0.6) is 0 Å². The first-order valence-corrected chi connectivity index (χ1v) is 10.5. The topological polar surface area (TPSA) is 128 Å². The molecule has 4 rings (SSSR count). The molecule has 3 N–H and O–H groups in total. The summed E-state index contributed by atoms with van der Waals surface area (Å²) in [5, 5.41) is 8.88. The molecule has 0 spiro atoms. The van der Waals surface area contributed by atoms with Crippen molar-refractivity contribution in [3.05, 3.63) is 54.2 Å². The molecule has 0 atom stereocenters. The maximum atomic E-state index is 12.9. The highest BCUT2D eigenvalue weighted by Crippen LogP contribution is 2.22. The maximum Gasteiger partial charge on any atom is 0.256 e. The van der Waals surface area contributed by atoms with Crippen molar-refractivity contribution in [1.29, 1.82) is 0 Å². The van der Waals surface area contributed by atoms with E-state index in [0.717, 1.165) is 5.39 Å². The molecule has 1 aliphatic heterocycles. The van der Waals surface area contributed by atoms with Gasteiger partial charge in [0.05, 0.1) is 29.2 Å². The lowest BCUT2D eigenvalue weighted by Crippen LogP contribution is -2.40. The van der Waals surface area contributed by atoms with Crippen LogP contribution in [0.1, 0.15) is 10.4 Å². The Bertz CT molecular complexity index is 1160. The van der Waals surface area contributed by atoms with Crippen LogP contribution in [0.4, 0.5) is 11.6 Å². The number of hydrogen-bond donors (Lipinski definition) is 2. The second-order valence-electron chi connectivity index (χ2n) is 6.54. The van der Waals surface area contributed by atoms with Gasteiger partial charge in [0, 0.05) is 30.4 Å². The molecule has 1 aliphatic rings. The number of carbonyl (C=O) groups is 1. The van der Waals surface area contributed by atoms with Crippen LogP contribution in [-0.4, -0.2) is 55.5 Å². The standard InChI is InChI=1S/C19H19N5O4S/c20-29(26,27)15-6-4-14(5-7-15)22-19-21-12-13-2-1-3-16(17(13)23-19)18(25)24-8-10-28-11-9-24/h1-7,12H,8-11H2,(H2,20,26,27)(H,21,22,23). The number of fused-ring (bicyclic) bond motifs is 1. The van der Waals surface area contributed by atoms with Crippen LogP contribution in [0.15, 0.2) is 53.6 Å². The molecule has 1 saturated heterocycles. The van der Waals surface area contributed by atoms with Gasteiger partial charge in [-0.05, 0) is 30.3 Å².